The Hall–Kier alpha value is -5.14. The Morgan fingerprint density at radius 1 is 0.977 bits per heavy atom. The molecular formula is C34H33N5O4S. The first kappa shape index (κ1) is 30.3. The molecular weight excluding hydrogens is 574 g/mol. The zero-order valence-electron chi connectivity index (χ0n) is 24.7. The van der Waals surface area contributed by atoms with Gasteiger partial charge in [0.2, 0.25) is 11.8 Å². The van der Waals surface area contributed by atoms with Crippen LogP contribution in [0.3, 0.4) is 0 Å². The van der Waals surface area contributed by atoms with Gasteiger partial charge in [-0.2, -0.15) is 14.6 Å². The number of pyridine rings is 2. The number of thiazole rings is 1. The van der Waals surface area contributed by atoms with E-state index in [2.05, 4.69) is 25.3 Å². The first-order valence-corrected chi connectivity index (χ1v) is 15.4. The van der Waals surface area contributed by atoms with Crippen LogP contribution in [0.4, 0.5) is 5.13 Å². The molecule has 44 heavy (non-hydrogen) atoms. The lowest BCUT2D eigenvalue weighted by molar-refractivity contribution is 0.347. The third-order valence-electron chi connectivity index (χ3n) is 7.47. The third-order valence-corrected chi connectivity index (χ3v) is 8.54. The fourth-order valence-corrected chi connectivity index (χ4v) is 6.17. The summed E-state index contributed by atoms with van der Waals surface area (Å²) in [5.74, 6) is -1.35. The highest BCUT2D eigenvalue weighted by Gasteiger charge is 2.21. The van der Waals surface area contributed by atoms with Gasteiger partial charge in [-0.05, 0) is 30.4 Å². The Balaban J connectivity index is 1.82. The number of anilines is 1. The molecule has 3 heterocycles. The van der Waals surface area contributed by atoms with E-state index in [0.717, 1.165) is 49.5 Å². The monoisotopic (exact) mass is 607 g/mol. The van der Waals surface area contributed by atoms with E-state index in [-0.39, 0.29) is 16.0 Å². The van der Waals surface area contributed by atoms with Crippen LogP contribution in [0, 0.1) is 11.3 Å². The Morgan fingerprint density at radius 3 is 2.30 bits per heavy atom. The minimum Gasteiger partial charge on any atom is -0.493 e. The van der Waals surface area contributed by atoms with Crippen LogP contribution in [0.25, 0.3) is 34.7 Å². The molecule has 3 aromatic heterocycles. The second-order valence-corrected chi connectivity index (χ2v) is 11.4. The quantitative estimate of drug-likeness (QED) is 0.239. The number of benzene rings is 2. The minimum absolute atomic E-state index is 0.00219. The van der Waals surface area contributed by atoms with Crippen LogP contribution in [-0.2, 0) is 0 Å². The molecule has 0 aliphatic rings. The summed E-state index contributed by atoms with van der Waals surface area (Å²) < 4.78 is 1.30. The molecule has 0 unspecified atom stereocenters. The van der Waals surface area contributed by atoms with E-state index in [1.54, 1.807) is 30.3 Å². The number of hydrogen-bond acceptors (Lipinski definition) is 8. The third kappa shape index (κ3) is 5.62. The van der Waals surface area contributed by atoms with E-state index in [4.69, 9.17) is 4.98 Å². The molecule has 224 valence electrons. The fourth-order valence-electron chi connectivity index (χ4n) is 5.09. The highest BCUT2D eigenvalue weighted by atomic mass is 32.1. The molecule has 0 saturated carbocycles. The van der Waals surface area contributed by atoms with Crippen molar-refractivity contribution in [2.45, 2.75) is 39.5 Å². The predicted molar refractivity (Wildman–Crippen MR) is 176 cm³/mol. The van der Waals surface area contributed by atoms with Gasteiger partial charge in [-0.3, -0.25) is 9.59 Å². The zero-order valence-corrected chi connectivity index (χ0v) is 25.5. The van der Waals surface area contributed by atoms with Gasteiger partial charge in [-0.15, -0.1) is 0 Å². The van der Waals surface area contributed by atoms with Gasteiger partial charge in [0.05, 0.1) is 15.8 Å². The summed E-state index contributed by atoms with van der Waals surface area (Å²) in [6, 6.07) is 19.4. The summed E-state index contributed by atoms with van der Waals surface area (Å²) in [4.78, 5) is 35.3. The molecule has 9 nitrogen and oxygen atoms in total. The Kier molecular flexibility index (Phi) is 8.97. The van der Waals surface area contributed by atoms with Crippen LogP contribution in [0.5, 0.6) is 11.8 Å². The molecule has 5 rings (SSSR count). The van der Waals surface area contributed by atoms with Gasteiger partial charge in [-0.25, -0.2) is 4.98 Å². The highest BCUT2D eigenvalue weighted by molar-refractivity contribution is 7.16. The van der Waals surface area contributed by atoms with Crippen molar-refractivity contribution in [3.63, 3.8) is 0 Å². The second-order valence-electron chi connectivity index (χ2n) is 10.4. The number of fused-ring (bicyclic) bond motifs is 1. The van der Waals surface area contributed by atoms with Gasteiger partial charge in [0.1, 0.15) is 11.6 Å². The number of aromatic hydroxyl groups is 2. The molecule has 0 aliphatic carbocycles. The highest BCUT2D eigenvalue weighted by Crippen LogP contribution is 2.34. The fraction of sp³-hybridized carbons (Fsp3) is 0.235. The summed E-state index contributed by atoms with van der Waals surface area (Å²) in [6.07, 6.45) is 5.68. The summed E-state index contributed by atoms with van der Waals surface area (Å²) in [7, 11) is 0. The smallest absolute Gasteiger partial charge is 0.280 e. The summed E-state index contributed by atoms with van der Waals surface area (Å²) in [6.45, 7) is 9.93. The van der Waals surface area contributed by atoms with Crippen molar-refractivity contribution in [3.05, 3.63) is 102 Å². The molecule has 10 heteroatoms. The number of nitrogens with zero attached hydrogens (tertiary/aromatic N) is 5. The predicted octanol–water partition coefficient (Wildman–Crippen LogP) is 4.53. The van der Waals surface area contributed by atoms with Crippen LogP contribution < -0.4 is 26.5 Å². The Labute approximate surface area is 258 Å². The van der Waals surface area contributed by atoms with E-state index in [1.807, 2.05) is 36.4 Å². The Bertz CT molecular complexity index is 2100. The first-order valence-electron chi connectivity index (χ1n) is 14.5. The zero-order chi connectivity index (χ0) is 31.4. The SMILES string of the molecule is C=c1c(C#N)c(O)n(-n2c(O)c3ccccc3cc2=O)c(=O)/c1=C\c1sc(N(CCCC)CCCC)nc1-c1ccccc1. The lowest BCUT2D eigenvalue weighted by Gasteiger charge is -2.21. The molecule has 5 aromatic rings. The van der Waals surface area contributed by atoms with Crippen molar-refractivity contribution in [3.8, 4) is 29.1 Å². The number of aromatic nitrogens is 3. The van der Waals surface area contributed by atoms with Crippen molar-refractivity contribution in [1.29, 1.82) is 5.26 Å². The van der Waals surface area contributed by atoms with E-state index in [0.29, 0.717) is 30.7 Å². The van der Waals surface area contributed by atoms with Crippen molar-refractivity contribution in [2.75, 3.05) is 18.0 Å². The van der Waals surface area contributed by atoms with Crippen molar-refractivity contribution in [1.82, 2.24) is 14.3 Å². The molecule has 0 amide bonds. The summed E-state index contributed by atoms with van der Waals surface area (Å²) >= 11 is 1.42. The maximum Gasteiger partial charge on any atom is 0.280 e. The van der Waals surface area contributed by atoms with E-state index < -0.39 is 22.9 Å². The van der Waals surface area contributed by atoms with E-state index in [9.17, 15) is 25.1 Å². The van der Waals surface area contributed by atoms with Gasteiger partial charge >= 0.3 is 0 Å². The van der Waals surface area contributed by atoms with Gasteiger partial charge in [-0.1, -0.05) is 93.1 Å². The molecule has 0 spiro atoms. The largest absolute Gasteiger partial charge is 0.493 e. The van der Waals surface area contributed by atoms with Gasteiger partial charge in [0.15, 0.2) is 5.13 Å². The summed E-state index contributed by atoms with van der Waals surface area (Å²) in [5, 5.41) is 33.7. The maximum absolute atomic E-state index is 14.1. The van der Waals surface area contributed by atoms with E-state index in [1.165, 1.54) is 17.4 Å². The standard InChI is InChI=1S/C34H33N5O4S/c1-4-6-17-37(18-7-5-2)34-36-30(23-13-9-8-10-14-23)28(44-34)20-26-22(3)27(21-35)33(43)39(32(26)42)38-29(40)19-24-15-11-12-16-25(24)31(38)41/h8-16,19-20,41,43H,3-7,17-18H2,1-2H3/b26-20-. The van der Waals surface area contributed by atoms with Crippen molar-refractivity contribution in [2.24, 2.45) is 0 Å². The van der Waals surface area contributed by atoms with Crippen LogP contribution in [0.2, 0.25) is 0 Å². The van der Waals surface area contributed by atoms with Crippen LogP contribution in [0.15, 0.2) is 70.3 Å². The van der Waals surface area contributed by atoms with Gasteiger partial charge in [0, 0.05) is 35.3 Å². The molecule has 0 radical (unpaired) electrons. The minimum atomic E-state index is -0.832. The molecule has 0 bridgehead atoms. The normalized spacial score (nSPS) is 11.6. The van der Waals surface area contributed by atoms with Gasteiger partial charge in [0.25, 0.3) is 11.1 Å². The number of hydrogen-bond donors (Lipinski definition) is 2. The van der Waals surface area contributed by atoms with Crippen LogP contribution in [0.1, 0.15) is 50.0 Å². The lowest BCUT2D eigenvalue weighted by atomic mass is 10.1. The topological polar surface area (TPSA) is 124 Å². The molecule has 2 aromatic carbocycles. The maximum atomic E-state index is 14.1. The lowest BCUT2D eigenvalue weighted by Crippen LogP contribution is -2.49. The number of rotatable bonds is 10. The average molecular weight is 608 g/mol. The number of unbranched alkanes of at least 4 members (excludes halogenated alkanes) is 2. The molecule has 2 N–H and O–H groups in total. The molecule has 0 aliphatic heterocycles. The van der Waals surface area contributed by atoms with E-state index >= 15 is 0 Å². The molecule has 0 fully saturated rings. The summed E-state index contributed by atoms with van der Waals surface area (Å²) in [5.41, 5.74) is -0.388. The first-order chi connectivity index (χ1) is 21.3. The van der Waals surface area contributed by atoms with Gasteiger partial charge < -0.3 is 15.1 Å². The molecule has 0 saturated heterocycles. The Morgan fingerprint density at radius 2 is 1.64 bits per heavy atom. The average Bonchev–Trinajstić information content (AvgIpc) is 3.45. The van der Waals surface area contributed by atoms with Crippen molar-refractivity contribution >= 4 is 39.9 Å². The number of nitriles is 1. The van der Waals surface area contributed by atoms with Crippen LogP contribution in [-0.4, -0.2) is 37.6 Å². The second kappa shape index (κ2) is 13.0. The molecule has 0 atom stereocenters. The van der Waals surface area contributed by atoms with Crippen molar-refractivity contribution < 1.29 is 10.2 Å². The van der Waals surface area contributed by atoms with Crippen LogP contribution >= 0.6 is 11.3 Å².